The Bertz CT molecular complexity index is 1120. The molecule has 1 aromatic heterocycles. The molecule has 3 aromatic rings. The largest absolute Gasteiger partial charge is 0.422 e. The highest BCUT2D eigenvalue weighted by Crippen LogP contribution is 2.20. The topological polar surface area (TPSA) is 96.9 Å². The number of hydrogen-bond acceptors (Lipinski definition) is 6. The zero-order valence-electron chi connectivity index (χ0n) is 15.1. The van der Waals surface area contributed by atoms with Gasteiger partial charge in [0, 0.05) is 10.0 Å². The summed E-state index contributed by atoms with van der Waals surface area (Å²) in [5, 5.41) is 7.60. The van der Waals surface area contributed by atoms with Crippen LogP contribution in [0.4, 0.5) is 10.1 Å². The van der Waals surface area contributed by atoms with Gasteiger partial charge in [-0.1, -0.05) is 34.1 Å². The van der Waals surface area contributed by atoms with Crippen LogP contribution in [0, 0.1) is 5.82 Å². The monoisotopic (exact) mass is 489 g/mol. The molecule has 0 saturated carbocycles. The minimum Gasteiger partial charge on any atom is -0.422 e. The number of hydrazone groups is 1. The average molecular weight is 490 g/mol. The molecule has 2 N–H and O–H groups in total. The van der Waals surface area contributed by atoms with Gasteiger partial charge in [0.05, 0.1) is 11.9 Å². The Kier molecular flexibility index (Phi) is 7.04. The second kappa shape index (κ2) is 9.90. The van der Waals surface area contributed by atoms with Gasteiger partial charge in [-0.15, -0.1) is 11.3 Å². The quantitative estimate of drug-likeness (QED) is 0.186. The van der Waals surface area contributed by atoms with Crippen LogP contribution in [0.2, 0.25) is 0 Å². The van der Waals surface area contributed by atoms with E-state index in [1.54, 1.807) is 41.8 Å². The molecule has 0 atom stereocenters. The van der Waals surface area contributed by atoms with Gasteiger partial charge < -0.3 is 10.1 Å². The summed E-state index contributed by atoms with van der Waals surface area (Å²) in [5.74, 6) is -3.18. The predicted octanol–water partition coefficient (Wildman–Crippen LogP) is 3.96. The van der Waals surface area contributed by atoms with Gasteiger partial charge in [0.15, 0.2) is 0 Å². The van der Waals surface area contributed by atoms with Crippen molar-refractivity contribution in [2.45, 2.75) is 0 Å². The highest BCUT2D eigenvalue weighted by molar-refractivity contribution is 9.10. The number of nitrogens with one attached hydrogen (secondary N) is 2. The van der Waals surface area contributed by atoms with E-state index >= 15 is 0 Å². The maximum atomic E-state index is 13.8. The number of anilines is 1. The van der Waals surface area contributed by atoms with Crippen LogP contribution in [-0.4, -0.2) is 24.0 Å². The van der Waals surface area contributed by atoms with Crippen molar-refractivity contribution < 1.29 is 23.5 Å². The summed E-state index contributed by atoms with van der Waals surface area (Å²) in [4.78, 5) is 36.3. The molecular formula is C20H13BrFN3O4S. The van der Waals surface area contributed by atoms with E-state index in [2.05, 4.69) is 26.3 Å². The van der Waals surface area contributed by atoms with Gasteiger partial charge in [0.1, 0.15) is 16.4 Å². The lowest BCUT2D eigenvalue weighted by molar-refractivity contribution is -0.136. The van der Waals surface area contributed by atoms with Crippen LogP contribution in [0.1, 0.15) is 15.2 Å². The molecule has 0 spiro atoms. The highest BCUT2D eigenvalue weighted by Gasteiger charge is 2.15. The first-order valence-electron chi connectivity index (χ1n) is 8.38. The number of carbonyl (C=O) groups is 3. The third-order valence-corrected chi connectivity index (χ3v) is 4.94. The van der Waals surface area contributed by atoms with Crippen molar-refractivity contribution in [3.63, 3.8) is 0 Å². The van der Waals surface area contributed by atoms with Crippen molar-refractivity contribution in [2.24, 2.45) is 5.10 Å². The maximum absolute atomic E-state index is 13.8. The Hall–Kier alpha value is -3.37. The summed E-state index contributed by atoms with van der Waals surface area (Å²) in [6, 6.07) is 13.9. The van der Waals surface area contributed by atoms with Crippen molar-refractivity contribution in [3.05, 3.63) is 80.7 Å². The number of halogens is 2. The Morgan fingerprint density at radius 2 is 1.87 bits per heavy atom. The molecule has 1 heterocycles. The fraction of sp³-hybridized carbons (Fsp3) is 0. The third kappa shape index (κ3) is 5.58. The van der Waals surface area contributed by atoms with Gasteiger partial charge in [0.25, 0.3) is 0 Å². The van der Waals surface area contributed by atoms with Crippen LogP contribution in [-0.2, 0) is 9.59 Å². The van der Waals surface area contributed by atoms with Crippen molar-refractivity contribution in [3.8, 4) is 5.75 Å². The number of benzene rings is 2. The van der Waals surface area contributed by atoms with Gasteiger partial charge in [-0.3, -0.25) is 9.59 Å². The summed E-state index contributed by atoms with van der Waals surface area (Å²) >= 11 is 4.34. The maximum Gasteiger partial charge on any atom is 0.353 e. The summed E-state index contributed by atoms with van der Waals surface area (Å²) in [7, 11) is 0. The highest BCUT2D eigenvalue weighted by atomic mass is 79.9. The van der Waals surface area contributed by atoms with Gasteiger partial charge in [-0.2, -0.15) is 5.10 Å². The van der Waals surface area contributed by atoms with E-state index in [1.807, 2.05) is 5.43 Å². The molecule has 152 valence electrons. The van der Waals surface area contributed by atoms with Crippen molar-refractivity contribution >= 4 is 57.0 Å². The molecule has 0 aliphatic rings. The molecule has 3 rings (SSSR count). The summed E-state index contributed by atoms with van der Waals surface area (Å²) in [5.41, 5.74) is 2.30. The normalized spacial score (nSPS) is 10.6. The lowest BCUT2D eigenvalue weighted by Crippen LogP contribution is -2.32. The Labute approximate surface area is 182 Å². The van der Waals surface area contributed by atoms with Crippen LogP contribution in [0.5, 0.6) is 5.75 Å². The molecule has 7 nitrogen and oxygen atoms in total. The first-order chi connectivity index (χ1) is 14.4. The zero-order valence-corrected chi connectivity index (χ0v) is 17.5. The van der Waals surface area contributed by atoms with E-state index in [0.29, 0.717) is 14.9 Å². The van der Waals surface area contributed by atoms with Crippen LogP contribution in [0.3, 0.4) is 0 Å². The number of rotatable bonds is 5. The Balaban J connectivity index is 1.61. The number of nitrogens with zero attached hydrogens (tertiary/aromatic N) is 1. The zero-order chi connectivity index (χ0) is 21.5. The van der Waals surface area contributed by atoms with Crippen LogP contribution in [0.15, 0.2) is 69.6 Å². The van der Waals surface area contributed by atoms with Gasteiger partial charge in [-0.05, 0) is 41.8 Å². The molecule has 0 radical (unpaired) electrons. The fourth-order valence-corrected chi connectivity index (χ4v) is 3.14. The van der Waals surface area contributed by atoms with Crippen molar-refractivity contribution in [1.82, 2.24) is 5.43 Å². The van der Waals surface area contributed by atoms with E-state index in [4.69, 9.17) is 4.74 Å². The fourth-order valence-electron chi connectivity index (χ4n) is 2.21. The summed E-state index contributed by atoms with van der Waals surface area (Å²) in [6.07, 6.45) is 1.22. The number of ether oxygens (including phenoxy) is 1. The first kappa shape index (κ1) is 21.3. The number of esters is 1. The van der Waals surface area contributed by atoms with Gasteiger partial charge in [-0.25, -0.2) is 14.6 Å². The lowest BCUT2D eigenvalue weighted by atomic mass is 10.2. The van der Waals surface area contributed by atoms with Crippen LogP contribution < -0.4 is 15.5 Å². The molecular weight excluding hydrogens is 477 g/mol. The van der Waals surface area contributed by atoms with Crippen molar-refractivity contribution in [1.29, 1.82) is 0 Å². The molecule has 0 aliphatic heterocycles. The van der Waals surface area contributed by atoms with E-state index in [0.717, 1.165) is 6.07 Å². The SMILES string of the molecule is O=C(NN=Cc1ccccc1OC(=O)c1cccs1)C(=O)Nc1ccc(Br)cc1F. The molecule has 0 bridgehead atoms. The predicted molar refractivity (Wildman–Crippen MR) is 114 cm³/mol. The van der Waals surface area contributed by atoms with E-state index in [1.165, 1.54) is 29.7 Å². The summed E-state index contributed by atoms with van der Waals surface area (Å²) in [6.45, 7) is 0. The molecule has 0 saturated heterocycles. The lowest BCUT2D eigenvalue weighted by Gasteiger charge is -2.07. The molecule has 10 heteroatoms. The van der Waals surface area contributed by atoms with Crippen LogP contribution in [0.25, 0.3) is 0 Å². The molecule has 0 aliphatic carbocycles. The molecule has 30 heavy (non-hydrogen) atoms. The number of hydrogen-bond donors (Lipinski definition) is 2. The van der Waals surface area contributed by atoms with E-state index in [9.17, 15) is 18.8 Å². The minimum absolute atomic E-state index is 0.145. The number of amides is 2. The minimum atomic E-state index is -1.10. The number of carbonyl (C=O) groups excluding carboxylic acids is 3. The summed E-state index contributed by atoms with van der Waals surface area (Å²) < 4.78 is 19.6. The molecule has 2 aromatic carbocycles. The van der Waals surface area contributed by atoms with Crippen molar-refractivity contribution in [2.75, 3.05) is 5.32 Å². The Morgan fingerprint density at radius 1 is 1.07 bits per heavy atom. The second-order valence-corrected chi connectivity index (χ2v) is 7.55. The average Bonchev–Trinajstić information content (AvgIpc) is 3.26. The van der Waals surface area contributed by atoms with Crippen LogP contribution >= 0.6 is 27.3 Å². The molecule has 0 unspecified atom stereocenters. The van der Waals surface area contributed by atoms with E-state index in [-0.39, 0.29) is 11.4 Å². The Morgan fingerprint density at radius 3 is 2.60 bits per heavy atom. The third-order valence-electron chi connectivity index (χ3n) is 3.60. The second-order valence-electron chi connectivity index (χ2n) is 5.68. The molecule has 0 fully saturated rings. The van der Waals surface area contributed by atoms with E-state index < -0.39 is 23.6 Å². The van der Waals surface area contributed by atoms with Gasteiger partial charge >= 0.3 is 17.8 Å². The standard InChI is InChI=1S/C20H13BrFN3O4S/c21-13-7-8-15(14(22)10-13)24-18(26)19(27)25-23-11-12-4-1-2-5-16(12)29-20(28)17-6-3-9-30-17/h1-11H,(H,24,26)(H,25,27). The first-order valence-corrected chi connectivity index (χ1v) is 10.1. The smallest absolute Gasteiger partial charge is 0.353 e. The number of thiophene rings is 1. The number of para-hydroxylation sites is 1. The van der Waals surface area contributed by atoms with Gasteiger partial charge in [0.2, 0.25) is 0 Å². The molecule has 2 amide bonds.